The molecular weight excluding hydrogens is 360 g/mol. The van der Waals surface area contributed by atoms with Gasteiger partial charge in [-0.1, -0.05) is 42.8 Å². The van der Waals surface area contributed by atoms with Crippen LogP contribution in [0.1, 0.15) is 41.4 Å². The third-order valence-electron chi connectivity index (χ3n) is 3.75. The molecule has 0 aliphatic heterocycles. The summed E-state index contributed by atoms with van der Waals surface area (Å²) in [7, 11) is -3.40. The summed E-state index contributed by atoms with van der Waals surface area (Å²) in [6, 6.07) is 12.3. The maximum atomic E-state index is 12.4. The molecule has 5 nitrogen and oxygen atoms in total. The molecule has 1 atom stereocenters. The molecule has 2 aromatic carbocycles. The van der Waals surface area contributed by atoms with E-state index < -0.39 is 10.0 Å². The van der Waals surface area contributed by atoms with Crippen LogP contribution in [0.3, 0.4) is 0 Å². The van der Waals surface area contributed by atoms with E-state index in [-0.39, 0.29) is 22.5 Å². The van der Waals surface area contributed by atoms with E-state index >= 15 is 0 Å². The minimum Gasteiger partial charge on any atom is -0.345 e. The summed E-state index contributed by atoms with van der Waals surface area (Å²) < 4.78 is 24.8. The zero-order valence-corrected chi connectivity index (χ0v) is 15.9. The highest BCUT2D eigenvalue weighted by Crippen LogP contribution is 2.23. The van der Waals surface area contributed by atoms with Crippen LogP contribution in [0, 0.1) is 0 Å². The van der Waals surface area contributed by atoms with Gasteiger partial charge in [0.2, 0.25) is 10.0 Å². The SMILES string of the molecule is CCc1ccc(C(C)NC(=O)c2ccc(NS(C)(=O)=O)cc2Cl)cc1. The first-order valence-corrected chi connectivity index (χ1v) is 10.1. The predicted octanol–water partition coefficient (Wildman–Crippen LogP) is 3.76. The van der Waals surface area contributed by atoms with Gasteiger partial charge in [0.15, 0.2) is 0 Å². The Morgan fingerprint density at radius 1 is 1.16 bits per heavy atom. The Kier molecular flexibility index (Phi) is 6.08. The predicted molar refractivity (Wildman–Crippen MR) is 102 cm³/mol. The Bertz CT molecular complexity index is 864. The van der Waals surface area contributed by atoms with E-state index in [4.69, 9.17) is 11.6 Å². The topological polar surface area (TPSA) is 75.3 Å². The monoisotopic (exact) mass is 380 g/mol. The van der Waals surface area contributed by atoms with Gasteiger partial charge >= 0.3 is 0 Å². The number of sulfonamides is 1. The minimum absolute atomic E-state index is 0.178. The fourth-order valence-electron chi connectivity index (χ4n) is 2.38. The van der Waals surface area contributed by atoms with Gasteiger partial charge < -0.3 is 5.32 Å². The fourth-order valence-corrected chi connectivity index (χ4v) is 3.20. The number of anilines is 1. The molecule has 2 N–H and O–H groups in total. The molecule has 2 rings (SSSR count). The number of rotatable bonds is 6. The quantitative estimate of drug-likeness (QED) is 0.801. The van der Waals surface area contributed by atoms with Gasteiger partial charge in [0.05, 0.1) is 22.9 Å². The largest absolute Gasteiger partial charge is 0.345 e. The summed E-state index contributed by atoms with van der Waals surface area (Å²) in [4.78, 5) is 12.4. The lowest BCUT2D eigenvalue weighted by Crippen LogP contribution is -2.27. The van der Waals surface area contributed by atoms with Gasteiger partial charge in [0.25, 0.3) is 5.91 Å². The highest BCUT2D eigenvalue weighted by Gasteiger charge is 2.15. The second kappa shape index (κ2) is 7.89. The smallest absolute Gasteiger partial charge is 0.253 e. The third-order valence-corrected chi connectivity index (χ3v) is 4.67. The Balaban J connectivity index is 2.11. The summed E-state index contributed by atoms with van der Waals surface area (Å²) in [6.07, 6.45) is 2.01. The normalized spacial score (nSPS) is 12.5. The summed E-state index contributed by atoms with van der Waals surface area (Å²) in [5.74, 6) is -0.317. The minimum atomic E-state index is -3.40. The van der Waals surface area contributed by atoms with Crippen molar-refractivity contribution in [2.75, 3.05) is 11.0 Å². The second-order valence-electron chi connectivity index (χ2n) is 5.86. The number of hydrogen-bond donors (Lipinski definition) is 2. The average Bonchev–Trinajstić information content (AvgIpc) is 2.53. The number of benzene rings is 2. The first kappa shape index (κ1) is 19.3. The van der Waals surface area contributed by atoms with Gasteiger partial charge in [0, 0.05) is 5.69 Å². The number of aryl methyl sites for hydroxylation is 1. The molecule has 0 spiro atoms. The molecule has 0 heterocycles. The molecule has 2 aromatic rings. The standard InChI is InChI=1S/C18H21ClN2O3S/c1-4-13-5-7-14(8-6-13)12(2)20-18(22)16-10-9-15(11-17(16)19)21-25(3,23)24/h5-12,21H,4H2,1-3H3,(H,20,22). The maximum absolute atomic E-state index is 12.4. The van der Waals surface area contributed by atoms with E-state index in [0.717, 1.165) is 18.2 Å². The van der Waals surface area contributed by atoms with Crippen LogP contribution in [0.25, 0.3) is 0 Å². The van der Waals surface area contributed by atoms with E-state index in [9.17, 15) is 13.2 Å². The molecule has 0 bridgehead atoms. The molecule has 134 valence electrons. The van der Waals surface area contributed by atoms with E-state index in [2.05, 4.69) is 17.0 Å². The van der Waals surface area contributed by atoms with E-state index in [1.807, 2.05) is 31.2 Å². The Morgan fingerprint density at radius 2 is 1.80 bits per heavy atom. The van der Waals surface area contributed by atoms with Crippen LogP contribution in [0.15, 0.2) is 42.5 Å². The Labute approximate surface area is 153 Å². The molecule has 0 radical (unpaired) electrons. The van der Waals surface area contributed by atoms with Crippen molar-refractivity contribution in [3.8, 4) is 0 Å². The lowest BCUT2D eigenvalue weighted by Gasteiger charge is -2.16. The Morgan fingerprint density at radius 3 is 2.32 bits per heavy atom. The molecule has 1 amide bonds. The maximum Gasteiger partial charge on any atom is 0.253 e. The van der Waals surface area contributed by atoms with Gasteiger partial charge in [-0.15, -0.1) is 0 Å². The molecular formula is C18H21ClN2O3S. The zero-order valence-electron chi connectivity index (χ0n) is 14.3. The molecule has 1 unspecified atom stereocenters. The molecule has 0 aliphatic rings. The van der Waals surface area contributed by atoms with Crippen LogP contribution < -0.4 is 10.0 Å². The van der Waals surface area contributed by atoms with E-state index in [1.54, 1.807) is 0 Å². The van der Waals surface area contributed by atoms with E-state index in [0.29, 0.717) is 5.69 Å². The van der Waals surface area contributed by atoms with E-state index in [1.165, 1.54) is 23.8 Å². The molecule has 25 heavy (non-hydrogen) atoms. The van der Waals surface area contributed by atoms with Crippen LogP contribution in [0.2, 0.25) is 5.02 Å². The molecule has 7 heteroatoms. The first-order chi connectivity index (χ1) is 11.7. The zero-order chi connectivity index (χ0) is 18.6. The molecule has 0 aromatic heterocycles. The van der Waals surface area contributed by atoms with Crippen LogP contribution in [0.4, 0.5) is 5.69 Å². The first-order valence-electron chi connectivity index (χ1n) is 7.86. The van der Waals surface area contributed by atoms with Gasteiger partial charge in [-0.25, -0.2) is 8.42 Å². The van der Waals surface area contributed by atoms with Crippen molar-refractivity contribution in [1.82, 2.24) is 5.32 Å². The molecule has 0 saturated heterocycles. The number of hydrogen-bond acceptors (Lipinski definition) is 3. The van der Waals surface area contributed by atoms with Crippen molar-refractivity contribution in [1.29, 1.82) is 0 Å². The Hall–Kier alpha value is -2.05. The molecule has 0 aliphatic carbocycles. The van der Waals surface area contributed by atoms with Crippen molar-refractivity contribution in [2.24, 2.45) is 0 Å². The van der Waals surface area contributed by atoms with Gasteiger partial charge in [0.1, 0.15) is 0 Å². The number of nitrogens with one attached hydrogen (secondary N) is 2. The highest BCUT2D eigenvalue weighted by molar-refractivity contribution is 7.92. The third kappa shape index (κ3) is 5.47. The number of halogens is 1. The number of carbonyl (C=O) groups is 1. The number of carbonyl (C=O) groups excluding carboxylic acids is 1. The number of amides is 1. The van der Waals surface area contributed by atoms with Crippen molar-refractivity contribution in [3.63, 3.8) is 0 Å². The van der Waals surface area contributed by atoms with Crippen molar-refractivity contribution < 1.29 is 13.2 Å². The summed E-state index contributed by atoms with van der Waals surface area (Å²) in [6.45, 7) is 3.98. The highest BCUT2D eigenvalue weighted by atomic mass is 35.5. The van der Waals surface area contributed by atoms with Crippen molar-refractivity contribution in [2.45, 2.75) is 26.3 Å². The van der Waals surface area contributed by atoms with Gasteiger partial charge in [-0.3, -0.25) is 9.52 Å². The molecule has 0 fully saturated rings. The summed E-state index contributed by atoms with van der Waals surface area (Å²) in [5, 5.41) is 3.08. The van der Waals surface area contributed by atoms with Gasteiger partial charge in [-0.2, -0.15) is 0 Å². The molecule has 0 saturated carbocycles. The van der Waals surface area contributed by atoms with Crippen molar-refractivity contribution in [3.05, 3.63) is 64.2 Å². The van der Waals surface area contributed by atoms with Crippen molar-refractivity contribution >= 4 is 33.2 Å². The summed E-state index contributed by atoms with van der Waals surface area (Å²) in [5.41, 5.74) is 2.83. The average molecular weight is 381 g/mol. The van der Waals surface area contributed by atoms with Crippen LogP contribution in [-0.4, -0.2) is 20.6 Å². The van der Waals surface area contributed by atoms with Crippen LogP contribution in [0.5, 0.6) is 0 Å². The van der Waals surface area contributed by atoms with Gasteiger partial charge in [-0.05, 0) is 42.7 Å². The second-order valence-corrected chi connectivity index (χ2v) is 8.01. The lowest BCUT2D eigenvalue weighted by atomic mass is 10.0. The fraction of sp³-hybridized carbons (Fsp3) is 0.278. The summed E-state index contributed by atoms with van der Waals surface area (Å²) >= 11 is 6.13. The van der Waals surface area contributed by atoms with Crippen LogP contribution in [-0.2, 0) is 16.4 Å². The van der Waals surface area contributed by atoms with Crippen LogP contribution >= 0.6 is 11.6 Å². The lowest BCUT2D eigenvalue weighted by molar-refractivity contribution is 0.0940.